The van der Waals surface area contributed by atoms with Gasteiger partial charge in [0, 0.05) is 31.7 Å². The molecule has 0 aliphatic carbocycles. The molecule has 0 bridgehead atoms. The zero-order valence-electron chi connectivity index (χ0n) is 16.2. The molecule has 7 heteroatoms. The number of hydrogen-bond acceptors (Lipinski definition) is 3. The lowest BCUT2D eigenvalue weighted by molar-refractivity contribution is 0.0810. The second-order valence-electron chi connectivity index (χ2n) is 8.07. The Bertz CT molecular complexity index is 1430. The van der Waals surface area contributed by atoms with Crippen molar-refractivity contribution in [2.24, 2.45) is 0 Å². The van der Waals surface area contributed by atoms with E-state index in [2.05, 4.69) is 55.0 Å². The highest BCUT2D eigenvalue weighted by molar-refractivity contribution is 9.11. The van der Waals surface area contributed by atoms with Crippen LogP contribution in [0.3, 0.4) is 0 Å². The van der Waals surface area contributed by atoms with Gasteiger partial charge in [-0.15, -0.1) is 11.3 Å². The van der Waals surface area contributed by atoms with Crippen LogP contribution in [0, 0.1) is 0 Å². The van der Waals surface area contributed by atoms with Crippen LogP contribution in [0.5, 0.6) is 0 Å². The molecule has 2 N–H and O–H groups in total. The molecule has 0 saturated heterocycles. The Balaban J connectivity index is 1.85. The number of hydrogen-bond donors (Lipinski definition) is 2. The second-order valence-corrected chi connectivity index (χ2v) is 11.5. The molecule has 0 spiro atoms. The number of rotatable bonds is 3. The highest BCUT2D eigenvalue weighted by atomic mass is 79.9. The highest BCUT2D eigenvalue weighted by Gasteiger charge is 2.20. The van der Waals surface area contributed by atoms with Crippen molar-refractivity contribution in [1.82, 2.24) is 9.97 Å². The molecule has 0 amide bonds. The number of nitrogens with one attached hydrogen (secondary N) is 1. The number of fused-ring (bicyclic) bond motifs is 6. The summed E-state index contributed by atoms with van der Waals surface area (Å²) in [7, 11) is 0. The first-order valence-electron chi connectivity index (χ1n) is 9.41. The van der Waals surface area contributed by atoms with Crippen LogP contribution in [0.4, 0.5) is 0 Å². The molecule has 30 heavy (non-hydrogen) atoms. The number of halogens is 3. The van der Waals surface area contributed by atoms with Crippen molar-refractivity contribution in [1.29, 1.82) is 0 Å². The largest absolute Gasteiger partial charge is 0.390 e. The van der Waals surface area contributed by atoms with Gasteiger partial charge >= 0.3 is 0 Å². The van der Waals surface area contributed by atoms with Gasteiger partial charge in [-0.3, -0.25) is 0 Å². The van der Waals surface area contributed by atoms with Crippen molar-refractivity contribution >= 4 is 86.7 Å². The molecule has 0 radical (unpaired) electrons. The van der Waals surface area contributed by atoms with Crippen LogP contribution in [0.1, 0.15) is 19.4 Å². The molecular formula is C23H17Br2ClN2OS. The minimum absolute atomic E-state index is 0.579. The molecule has 0 fully saturated rings. The van der Waals surface area contributed by atoms with Gasteiger partial charge in [0.1, 0.15) is 5.82 Å². The van der Waals surface area contributed by atoms with E-state index in [1.54, 1.807) is 11.3 Å². The molecule has 0 unspecified atom stereocenters. The number of nitrogens with zero attached hydrogens (tertiary/aromatic N) is 1. The summed E-state index contributed by atoms with van der Waals surface area (Å²) >= 11 is 15.3. The molecule has 2 aromatic heterocycles. The first-order valence-corrected chi connectivity index (χ1v) is 12.2. The Hall–Kier alpha value is -1.44. The van der Waals surface area contributed by atoms with E-state index in [9.17, 15) is 5.11 Å². The fraction of sp³-hybridized carbons (Fsp3) is 0.174. The average molecular weight is 565 g/mol. The van der Waals surface area contributed by atoms with E-state index >= 15 is 0 Å². The zero-order chi connectivity index (χ0) is 21.2. The van der Waals surface area contributed by atoms with Crippen LogP contribution in [0.15, 0.2) is 51.4 Å². The van der Waals surface area contributed by atoms with E-state index < -0.39 is 5.60 Å². The highest BCUT2D eigenvalue weighted by Crippen LogP contribution is 2.43. The minimum atomic E-state index is -0.769. The lowest BCUT2D eigenvalue weighted by Gasteiger charge is -2.17. The van der Waals surface area contributed by atoms with Crippen molar-refractivity contribution in [3.8, 4) is 11.4 Å². The first-order chi connectivity index (χ1) is 14.2. The normalized spacial score (nSPS) is 12.5. The monoisotopic (exact) mass is 562 g/mol. The number of aromatic amines is 1. The third-order valence-electron chi connectivity index (χ3n) is 5.10. The Labute approximate surface area is 199 Å². The Kier molecular flexibility index (Phi) is 4.99. The van der Waals surface area contributed by atoms with Gasteiger partial charge in [0.2, 0.25) is 0 Å². The SMILES string of the molecule is CC(C)(O)Cc1ccc2c(c1)c1cc(Cl)sc1c1[nH]c(-c3c(Br)cccc3Br)nc21. The van der Waals surface area contributed by atoms with Crippen LogP contribution in [-0.2, 0) is 6.42 Å². The van der Waals surface area contributed by atoms with Crippen LogP contribution in [0.25, 0.3) is 43.3 Å². The van der Waals surface area contributed by atoms with Gasteiger partial charge in [-0.25, -0.2) is 4.98 Å². The maximum Gasteiger partial charge on any atom is 0.140 e. The number of aliphatic hydroxyl groups is 1. The first kappa shape index (κ1) is 20.5. The van der Waals surface area contributed by atoms with E-state index in [1.165, 1.54) is 0 Å². The van der Waals surface area contributed by atoms with Crippen LogP contribution in [-0.4, -0.2) is 20.7 Å². The van der Waals surface area contributed by atoms with Crippen LogP contribution >= 0.6 is 54.8 Å². The lowest BCUT2D eigenvalue weighted by Crippen LogP contribution is -2.21. The van der Waals surface area contributed by atoms with Crippen molar-refractivity contribution in [3.63, 3.8) is 0 Å². The molecule has 152 valence electrons. The maximum atomic E-state index is 10.3. The fourth-order valence-corrected chi connectivity index (χ4v) is 6.57. The topological polar surface area (TPSA) is 48.9 Å². The predicted octanol–water partition coefficient (Wildman–Crippen LogP) is 8.09. The fourth-order valence-electron chi connectivity index (χ4n) is 3.95. The van der Waals surface area contributed by atoms with Crippen LogP contribution < -0.4 is 0 Å². The van der Waals surface area contributed by atoms with Gasteiger partial charge in [0.25, 0.3) is 0 Å². The summed E-state index contributed by atoms with van der Waals surface area (Å²) in [4.78, 5) is 8.53. The van der Waals surface area contributed by atoms with Crippen molar-refractivity contribution < 1.29 is 5.11 Å². The molecule has 0 aliphatic rings. The number of benzene rings is 3. The van der Waals surface area contributed by atoms with Gasteiger partial charge in [-0.2, -0.15) is 0 Å². The zero-order valence-corrected chi connectivity index (χ0v) is 20.9. The van der Waals surface area contributed by atoms with Crippen molar-refractivity contribution in [2.75, 3.05) is 0 Å². The van der Waals surface area contributed by atoms with E-state index in [4.69, 9.17) is 16.6 Å². The number of thiophene rings is 1. The molecule has 0 atom stereocenters. The van der Waals surface area contributed by atoms with E-state index in [0.717, 1.165) is 62.1 Å². The molecule has 2 heterocycles. The Morgan fingerprint density at radius 3 is 2.50 bits per heavy atom. The average Bonchev–Trinajstić information content (AvgIpc) is 3.24. The Morgan fingerprint density at radius 2 is 1.80 bits per heavy atom. The number of aromatic nitrogens is 2. The molecule has 5 rings (SSSR count). The lowest BCUT2D eigenvalue weighted by atomic mass is 9.95. The van der Waals surface area contributed by atoms with Crippen LogP contribution in [0.2, 0.25) is 4.34 Å². The summed E-state index contributed by atoms with van der Waals surface area (Å²) in [6.45, 7) is 3.65. The number of imidazole rings is 1. The maximum absolute atomic E-state index is 10.3. The van der Waals surface area contributed by atoms with Gasteiger partial charge in [0.15, 0.2) is 0 Å². The van der Waals surface area contributed by atoms with E-state index in [-0.39, 0.29) is 0 Å². The van der Waals surface area contributed by atoms with Gasteiger partial charge in [-0.1, -0.05) is 35.9 Å². The predicted molar refractivity (Wildman–Crippen MR) is 135 cm³/mol. The summed E-state index contributed by atoms with van der Waals surface area (Å²) in [6, 6.07) is 14.3. The second kappa shape index (κ2) is 7.31. The smallest absolute Gasteiger partial charge is 0.140 e. The van der Waals surface area contributed by atoms with E-state index in [1.807, 2.05) is 38.1 Å². The van der Waals surface area contributed by atoms with E-state index in [0.29, 0.717) is 6.42 Å². The molecule has 5 aromatic rings. The molecular weight excluding hydrogens is 548 g/mol. The molecule has 0 saturated carbocycles. The molecule has 3 nitrogen and oxygen atoms in total. The number of H-pyrrole nitrogens is 1. The third-order valence-corrected chi connectivity index (χ3v) is 7.70. The quantitative estimate of drug-likeness (QED) is 0.233. The summed E-state index contributed by atoms with van der Waals surface area (Å²) in [5.41, 5.74) is 3.21. The summed E-state index contributed by atoms with van der Waals surface area (Å²) in [5, 5.41) is 13.5. The Morgan fingerprint density at radius 1 is 1.07 bits per heavy atom. The van der Waals surface area contributed by atoms with Gasteiger partial charge < -0.3 is 10.1 Å². The molecule has 3 aromatic carbocycles. The summed E-state index contributed by atoms with van der Waals surface area (Å²) in [5.74, 6) is 0.795. The summed E-state index contributed by atoms with van der Waals surface area (Å²) < 4.78 is 3.76. The van der Waals surface area contributed by atoms with Crippen molar-refractivity contribution in [2.45, 2.75) is 25.9 Å². The standard InChI is InChI=1S/C23H17Br2ClN2OS/c1-23(2,29)10-11-6-7-12-13(8-11)14-9-17(26)30-21(14)20-19(12)27-22(28-20)18-15(24)4-3-5-16(18)25/h3-9,29H,10H2,1-2H3,(H,27,28). The summed E-state index contributed by atoms with van der Waals surface area (Å²) in [6.07, 6.45) is 0.579. The molecule has 0 aliphatic heterocycles. The van der Waals surface area contributed by atoms with Gasteiger partial charge in [-0.05, 0) is 74.9 Å². The third kappa shape index (κ3) is 3.49. The minimum Gasteiger partial charge on any atom is -0.390 e. The van der Waals surface area contributed by atoms with Crippen molar-refractivity contribution in [3.05, 3.63) is 61.3 Å². The van der Waals surface area contributed by atoms with Gasteiger partial charge in [0.05, 0.1) is 25.7 Å².